The minimum absolute atomic E-state index is 0.171. The Morgan fingerprint density at radius 3 is 2.57 bits per heavy atom. The summed E-state index contributed by atoms with van der Waals surface area (Å²) < 4.78 is 19.3. The number of rotatable bonds is 7. The number of ether oxygens (including phenoxy) is 2. The summed E-state index contributed by atoms with van der Waals surface area (Å²) in [5, 5.41) is 0. The highest BCUT2D eigenvalue weighted by Gasteiger charge is 2.36. The van der Waals surface area contributed by atoms with Crippen molar-refractivity contribution < 1.29 is 18.7 Å². The van der Waals surface area contributed by atoms with Crippen LogP contribution in [-0.2, 0) is 4.79 Å². The van der Waals surface area contributed by atoms with Gasteiger partial charge in [0.05, 0.1) is 30.0 Å². The van der Waals surface area contributed by atoms with Gasteiger partial charge in [0.25, 0.3) is 11.5 Å². The fourth-order valence-electron chi connectivity index (χ4n) is 4.16. The maximum atomic E-state index is 13.8. The number of fused-ring (bicyclic) bond motifs is 1. The van der Waals surface area contributed by atoms with E-state index in [1.54, 1.807) is 67.0 Å². The van der Waals surface area contributed by atoms with E-state index in [1.807, 2.05) is 13.8 Å². The summed E-state index contributed by atoms with van der Waals surface area (Å²) in [4.78, 5) is 34.4. The van der Waals surface area contributed by atoms with Crippen LogP contribution in [0.4, 0.5) is 0 Å². The van der Waals surface area contributed by atoms with E-state index in [0.29, 0.717) is 61.2 Å². The van der Waals surface area contributed by atoms with E-state index in [9.17, 15) is 9.59 Å². The fraction of sp³-hybridized carbons (Fsp3) is 0.320. The highest BCUT2D eigenvalue weighted by Crippen LogP contribution is 2.38. The first-order chi connectivity index (χ1) is 16.8. The van der Waals surface area contributed by atoms with Crippen LogP contribution in [-0.4, -0.2) is 42.7 Å². The van der Waals surface area contributed by atoms with Crippen molar-refractivity contribution in [3.8, 4) is 11.5 Å². The summed E-state index contributed by atoms with van der Waals surface area (Å²) >= 11 is 4.54. The van der Waals surface area contributed by atoms with Crippen LogP contribution in [0.15, 0.2) is 60.5 Å². The molecule has 10 heteroatoms. The van der Waals surface area contributed by atoms with Gasteiger partial charge in [-0.15, -0.1) is 0 Å². The van der Waals surface area contributed by atoms with Crippen molar-refractivity contribution in [2.45, 2.75) is 26.8 Å². The van der Waals surface area contributed by atoms with Crippen LogP contribution in [0, 0.1) is 0 Å². The molecule has 0 fully saturated rings. The van der Waals surface area contributed by atoms with Crippen LogP contribution in [0.1, 0.15) is 38.1 Å². The highest BCUT2D eigenvalue weighted by molar-refractivity contribution is 9.10. The molecule has 0 spiro atoms. The molecule has 0 unspecified atom stereocenters. The van der Waals surface area contributed by atoms with Gasteiger partial charge in [0.1, 0.15) is 23.3 Å². The zero-order chi connectivity index (χ0) is 25.3. The second-order valence-corrected chi connectivity index (χ2v) is 9.60. The molecule has 8 nitrogen and oxygen atoms in total. The van der Waals surface area contributed by atoms with Gasteiger partial charge in [0.2, 0.25) is 0 Å². The van der Waals surface area contributed by atoms with E-state index >= 15 is 0 Å². The molecule has 1 aliphatic rings. The SMILES string of the molecule is CCN(CC)C(=O)C1=C(C)N=c2s/c(=C/c3ccc(Br)o3)c(=O)n2[C@H]1c1cc(OC)ccc1OC. The number of furan rings is 1. The third kappa shape index (κ3) is 4.60. The van der Waals surface area contributed by atoms with E-state index in [1.165, 1.54) is 11.3 Å². The Morgan fingerprint density at radius 2 is 1.97 bits per heavy atom. The maximum absolute atomic E-state index is 13.8. The largest absolute Gasteiger partial charge is 0.497 e. The van der Waals surface area contributed by atoms with Crippen molar-refractivity contribution in [3.05, 3.63) is 77.3 Å². The van der Waals surface area contributed by atoms with E-state index < -0.39 is 6.04 Å². The van der Waals surface area contributed by atoms with Gasteiger partial charge in [-0.05, 0) is 67.0 Å². The summed E-state index contributed by atoms with van der Waals surface area (Å²) in [5.74, 6) is 1.50. The van der Waals surface area contributed by atoms with E-state index in [4.69, 9.17) is 13.9 Å². The Bertz CT molecular complexity index is 1480. The third-order valence-electron chi connectivity index (χ3n) is 5.90. The average molecular weight is 560 g/mol. The molecule has 0 bridgehead atoms. The zero-order valence-corrected chi connectivity index (χ0v) is 22.5. The van der Waals surface area contributed by atoms with Gasteiger partial charge in [-0.3, -0.25) is 14.2 Å². The molecule has 3 aromatic rings. The molecule has 1 aromatic carbocycles. The normalized spacial score (nSPS) is 15.6. The number of hydrogen-bond donors (Lipinski definition) is 0. The highest BCUT2D eigenvalue weighted by atomic mass is 79.9. The van der Waals surface area contributed by atoms with Crippen molar-refractivity contribution in [2.75, 3.05) is 27.3 Å². The molecule has 35 heavy (non-hydrogen) atoms. The minimum atomic E-state index is -0.741. The number of halogens is 1. The Labute approximate surface area is 214 Å². The van der Waals surface area contributed by atoms with Gasteiger partial charge in [-0.1, -0.05) is 11.3 Å². The van der Waals surface area contributed by atoms with Crippen LogP contribution in [0.3, 0.4) is 0 Å². The van der Waals surface area contributed by atoms with Crippen LogP contribution in [0.2, 0.25) is 0 Å². The molecule has 1 atom stereocenters. The summed E-state index contributed by atoms with van der Waals surface area (Å²) in [6, 6.07) is 8.15. The fourth-order valence-corrected chi connectivity index (χ4v) is 5.50. The van der Waals surface area contributed by atoms with Gasteiger partial charge in [-0.2, -0.15) is 0 Å². The Hall–Kier alpha value is -3.11. The number of carbonyl (C=O) groups excluding carboxylic acids is 1. The summed E-state index contributed by atoms with van der Waals surface area (Å²) in [6.07, 6.45) is 1.68. The topological polar surface area (TPSA) is 86.3 Å². The van der Waals surface area contributed by atoms with Crippen molar-refractivity contribution >= 4 is 39.2 Å². The van der Waals surface area contributed by atoms with Crippen LogP contribution < -0.4 is 24.4 Å². The number of allylic oxidation sites excluding steroid dienone is 1. The summed E-state index contributed by atoms with van der Waals surface area (Å²) in [7, 11) is 3.13. The molecule has 184 valence electrons. The molecule has 0 aliphatic carbocycles. The summed E-state index contributed by atoms with van der Waals surface area (Å²) in [5.41, 5.74) is 1.36. The Morgan fingerprint density at radius 1 is 1.23 bits per heavy atom. The predicted octanol–water partition coefficient (Wildman–Crippen LogP) is 3.48. The van der Waals surface area contributed by atoms with Crippen molar-refractivity contribution in [1.29, 1.82) is 0 Å². The third-order valence-corrected chi connectivity index (χ3v) is 7.31. The quantitative estimate of drug-likeness (QED) is 0.442. The van der Waals surface area contributed by atoms with Gasteiger partial charge in [-0.25, -0.2) is 4.99 Å². The maximum Gasteiger partial charge on any atom is 0.271 e. The zero-order valence-electron chi connectivity index (χ0n) is 20.1. The molecule has 0 N–H and O–H groups in total. The average Bonchev–Trinajstić information content (AvgIpc) is 3.40. The number of amides is 1. The first-order valence-corrected chi connectivity index (χ1v) is 12.7. The van der Waals surface area contributed by atoms with E-state index in [0.717, 1.165) is 0 Å². The van der Waals surface area contributed by atoms with Crippen LogP contribution >= 0.6 is 27.3 Å². The number of thiazole rings is 1. The predicted molar refractivity (Wildman–Crippen MR) is 138 cm³/mol. The van der Waals surface area contributed by atoms with Gasteiger partial charge < -0.3 is 18.8 Å². The lowest BCUT2D eigenvalue weighted by molar-refractivity contribution is -0.127. The van der Waals surface area contributed by atoms with Gasteiger partial charge in [0, 0.05) is 24.7 Å². The molecular formula is C25H26BrN3O5S. The molecule has 1 amide bonds. The number of benzene rings is 1. The molecule has 0 saturated carbocycles. The second kappa shape index (κ2) is 10.2. The van der Waals surface area contributed by atoms with Gasteiger partial charge >= 0.3 is 0 Å². The number of methoxy groups -OCH3 is 2. The lowest BCUT2D eigenvalue weighted by Crippen LogP contribution is -2.43. The number of nitrogens with zero attached hydrogens (tertiary/aromatic N) is 3. The lowest BCUT2D eigenvalue weighted by atomic mass is 9.93. The molecule has 2 aromatic heterocycles. The number of carbonyl (C=O) groups is 1. The van der Waals surface area contributed by atoms with Crippen LogP contribution in [0.25, 0.3) is 6.08 Å². The van der Waals surface area contributed by atoms with Crippen molar-refractivity contribution in [3.63, 3.8) is 0 Å². The number of hydrogen-bond acceptors (Lipinski definition) is 7. The first-order valence-electron chi connectivity index (χ1n) is 11.1. The molecule has 0 radical (unpaired) electrons. The summed E-state index contributed by atoms with van der Waals surface area (Å²) in [6.45, 7) is 6.72. The Kier molecular flexibility index (Phi) is 7.32. The van der Waals surface area contributed by atoms with Gasteiger partial charge in [0.15, 0.2) is 9.47 Å². The number of likely N-dealkylation sites (N-methyl/N-ethyl adjacent to an activating group) is 1. The van der Waals surface area contributed by atoms with E-state index in [-0.39, 0.29) is 11.5 Å². The number of aromatic nitrogens is 1. The molecule has 1 aliphatic heterocycles. The smallest absolute Gasteiger partial charge is 0.271 e. The second-order valence-electron chi connectivity index (χ2n) is 7.81. The minimum Gasteiger partial charge on any atom is -0.497 e. The van der Waals surface area contributed by atoms with Crippen molar-refractivity contribution in [2.24, 2.45) is 4.99 Å². The lowest BCUT2D eigenvalue weighted by Gasteiger charge is -2.30. The molecule has 4 rings (SSSR count). The van der Waals surface area contributed by atoms with Crippen LogP contribution in [0.5, 0.6) is 11.5 Å². The molecular weight excluding hydrogens is 534 g/mol. The first kappa shape index (κ1) is 25.0. The molecule has 3 heterocycles. The molecule has 0 saturated heterocycles. The van der Waals surface area contributed by atoms with E-state index in [2.05, 4.69) is 20.9 Å². The van der Waals surface area contributed by atoms with Crippen molar-refractivity contribution in [1.82, 2.24) is 9.47 Å². The monoisotopic (exact) mass is 559 g/mol. The standard InChI is InChI=1S/C25H26BrN3O5S/c1-6-28(7-2)24(31)21-14(3)27-25-29(22(21)17-12-15(32-4)8-10-18(17)33-5)23(30)19(35-25)13-16-9-11-20(26)34-16/h8-13,22H,6-7H2,1-5H3/b19-13+/t22-/m0/s1. The Balaban J connectivity index is 2.03.